The van der Waals surface area contributed by atoms with Crippen LogP contribution in [0.4, 0.5) is 5.13 Å². The van der Waals surface area contributed by atoms with Gasteiger partial charge in [0, 0.05) is 11.1 Å². The number of anilines is 1. The van der Waals surface area contributed by atoms with E-state index in [2.05, 4.69) is 53.6 Å². The van der Waals surface area contributed by atoms with Crippen molar-refractivity contribution in [1.29, 1.82) is 0 Å². The van der Waals surface area contributed by atoms with Gasteiger partial charge in [-0.15, -0.1) is 10.2 Å². The zero-order valence-corrected chi connectivity index (χ0v) is 18.8. The Balaban J connectivity index is 1.54. The smallest absolute Gasteiger partial charge is 0.257 e. The number of hydrogen-bond acceptors (Lipinski definition) is 4. The molecule has 158 valence electrons. The SMILES string of the molecule is CCCCCCCc1ccc(-c2nnc(NC(=O)c3ccc(CCC)cc3)s2)cc1. The Kier molecular flexibility index (Phi) is 8.57. The molecule has 0 saturated carbocycles. The van der Waals surface area contributed by atoms with E-state index in [1.165, 1.54) is 54.6 Å². The van der Waals surface area contributed by atoms with Crippen LogP contribution in [0.3, 0.4) is 0 Å². The van der Waals surface area contributed by atoms with Gasteiger partial charge < -0.3 is 0 Å². The standard InChI is InChI=1S/C25H31N3OS/c1-3-5-6-7-8-10-20-13-17-22(18-14-20)24-27-28-25(30-24)26-23(29)21-15-11-19(9-4-2)12-16-21/h11-18H,3-10H2,1-2H3,(H,26,28,29). The number of amides is 1. The van der Waals surface area contributed by atoms with Crippen molar-refractivity contribution in [2.75, 3.05) is 5.32 Å². The number of benzene rings is 2. The highest BCUT2D eigenvalue weighted by molar-refractivity contribution is 7.18. The third kappa shape index (κ3) is 6.49. The van der Waals surface area contributed by atoms with Crippen LogP contribution < -0.4 is 5.32 Å². The lowest BCUT2D eigenvalue weighted by Crippen LogP contribution is -2.11. The Morgan fingerprint density at radius 1 is 0.800 bits per heavy atom. The van der Waals surface area contributed by atoms with Gasteiger partial charge in [0.25, 0.3) is 5.91 Å². The first-order valence-corrected chi connectivity index (χ1v) is 11.8. The number of rotatable bonds is 11. The molecule has 1 N–H and O–H groups in total. The maximum atomic E-state index is 12.5. The van der Waals surface area contributed by atoms with Crippen molar-refractivity contribution < 1.29 is 4.79 Å². The van der Waals surface area contributed by atoms with Gasteiger partial charge in [-0.1, -0.05) is 93.7 Å². The lowest BCUT2D eigenvalue weighted by Gasteiger charge is -2.03. The Hall–Kier alpha value is -2.53. The van der Waals surface area contributed by atoms with Crippen molar-refractivity contribution in [2.24, 2.45) is 0 Å². The third-order valence-corrected chi connectivity index (χ3v) is 6.06. The Morgan fingerprint density at radius 2 is 1.47 bits per heavy atom. The van der Waals surface area contributed by atoms with Gasteiger partial charge in [-0.2, -0.15) is 0 Å². The summed E-state index contributed by atoms with van der Waals surface area (Å²) >= 11 is 1.40. The molecular weight excluding hydrogens is 390 g/mol. The predicted molar refractivity (Wildman–Crippen MR) is 126 cm³/mol. The molecule has 1 amide bonds. The van der Waals surface area contributed by atoms with E-state index in [1.54, 1.807) is 0 Å². The van der Waals surface area contributed by atoms with Crippen LogP contribution in [0.15, 0.2) is 48.5 Å². The van der Waals surface area contributed by atoms with E-state index in [0.29, 0.717) is 10.7 Å². The number of nitrogens with one attached hydrogen (secondary N) is 1. The molecule has 0 atom stereocenters. The maximum Gasteiger partial charge on any atom is 0.257 e. The Morgan fingerprint density at radius 3 is 2.17 bits per heavy atom. The van der Waals surface area contributed by atoms with Crippen LogP contribution >= 0.6 is 11.3 Å². The first-order chi connectivity index (χ1) is 14.7. The van der Waals surface area contributed by atoms with Crippen molar-refractivity contribution in [3.63, 3.8) is 0 Å². The summed E-state index contributed by atoms with van der Waals surface area (Å²) in [6, 6.07) is 16.3. The van der Waals surface area contributed by atoms with E-state index in [9.17, 15) is 4.79 Å². The summed E-state index contributed by atoms with van der Waals surface area (Å²) in [6.07, 6.45) is 9.74. The first-order valence-electron chi connectivity index (χ1n) is 11.0. The molecule has 3 aromatic rings. The van der Waals surface area contributed by atoms with Crippen molar-refractivity contribution in [3.05, 3.63) is 65.2 Å². The Bertz CT molecular complexity index is 916. The topological polar surface area (TPSA) is 54.9 Å². The molecule has 0 aliphatic carbocycles. The molecule has 0 aliphatic heterocycles. The minimum Gasteiger partial charge on any atom is -0.296 e. The molecule has 0 fully saturated rings. The second-order valence-electron chi connectivity index (χ2n) is 7.67. The summed E-state index contributed by atoms with van der Waals surface area (Å²) in [6.45, 7) is 4.39. The average Bonchev–Trinajstić information content (AvgIpc) is 3.23. The van der Waals surface area contributed by atoms with Gasteiger partial charge in [-0.3, -0.25) is 10.1 Å². The highest BCUT2D eigenvalue weighted by Crippen LogP contribution is 2.27. The van der Waals surface area contributed by atoms with E-state index in [1.807, 2.05) is 24.3 Å². The summed E-state index contributed by atoms with van der Waals surface area (Å²) in [4.78, 5) is 12.5. The van der Waals surface area contributed by atoms with E-state index >= 15 is 0 Å². The molecule has 0 unspecified atom stereocenters. The third-order valence-electron chi connectivity index (χ3n) is 5.17. The van der Waals surface area contributed by atoms with Crippen LogP contribution in [0, 0.1) is 0 Å². The van der Waals surface area contributed by atoms with Crippen molar-refractivity contribution in [1.82, 2.24) is 10.2 Å². The monoisotopic (exact) mass is 421 g/mol. The molecule has 4 nitrogen and oxygen atoms in total. The molecule has 5 heteroatoms. The minimum absolute atomic E-state index is 0.154. The van der Waals surface area contributed by atoms with Gasteiger partial charge in [-0.05, 0) is 42.5 Å². The second-order valence-corrected chi connectivity index (χ2v) is 8.65. The summed E-state index contributed by atoms with van der Waals surface area (Å²) < 4.78 is 0. The fourth-order valence-electron chi connectivity index (χ4n) is 3.42. The number of aryl methyl sites for hydroxylation is 2. The zero-order chi connectivity index (χ0) is 21.2. The molecule has 0 aliphatic rings. The van der Waals surface area contributed by atoms with E-state index < -0.39 is 0 Å². The number of unbranched alkanes of at least 4 members (excludes halogenated alkanes) is 4. The minimum atomic E-state index is -0.154. The van der Waals surface area contributed by atoms with Crippen molar-refractivity contribution >= 4 is 22.4 Å². The van der Waals surface area contributed by atoms with E-state index in [4.69, 9.17) is 0 Å². The summed E-state index contributed by atoms with van der Waals surface area (Å²) in [5.41, 5.74) is 4.28. The van der Waals surface area contributed by atoms with Gasteiger partial charge in [0.05, 0.1) is 0 Å². The fourth-order valence-corrected chi connectivity index (χ4v) is 4.16. The van der Waals surface area contributed by atoms with Crippen LogP contribution in [0.1, 0.15) is 73.9 Å². The molecule has 1 heterocycles. The first kappa shape index (κ1) is 22.2. The van der Waals surface area contributed by atoms with Crippen LogP contribution in [-0.4, -0.2) is 16.1 Å². The lowest BCUT2D eigenvalue weighted by molar-refractivity contribution is 0.102. The number of carbonyl (C=O) groups excluding carboxylic acids is 1. The Labute approximate surface area is 183 Å². The molecule has 0 radical (unpaired) electrons. The number of carbonyl (C=O) groups is 1. The van der Waals surface area contributed by atoms with Crippen LogP contribution in [0.5, 0.6) is 0 Å². The molecular formula is C25H31N3OS. The van der Waals surface area contributed by atoms with Crippen LogP contribution in [-0.2, 0) is 12.8 Å². The lowest BCUT2D eigenvalue weighted by atomic mass is 10.0. The highest BCUT2D eigenvalue weighted by Gasteiger charge is 2.11. The normalized spacial score (nSPS) is 10.9. The predicted octanol–water partition coefficient (Wildman–Crippen LogP) is 6.92. The molecule has 0 spiro atoms. The largest absolute Gasteiger partial charge is 0.296 e. The number of nitrogens with zero attached hydrogens (tertiary/aromatic N) is 2. The van der Waals surface area contributed by atoms with Gasteiger partial charge in [0.1, 0.15) is 5.01 Å². The summed E-state index contributed by atoms with van der Waals surface area (Å²) in [5, 5.41) is 12.6. The molecule has 2 aromatic carbocycles. The molecule has 0 saturated heterocycles. The van der Waals surface area contributed by atoms with E-state index in [-0.39, 0.29) is 5.91 Å². The molecule has 0 bridgehead atoms. The highest BCUT2D eigenvalue weighted by atomic mass is 32.1. The quantitative estimate of drug-likeness (QED) is 0.342. The zero-order valence-electron chi connectivity index (χ0n) is 18.0. The summed E-state index contributed by atoms with van der Waals surface area (Å²) in [7, 11) is 0. The van der Waals surface area contributed by atoms with Crippen LogP contribution in [0.2, 0.25) is 0 Å². The fraction of sp³-hybridized carbons (Fsp3) is 0.400. The molecule has 30 heavy (non-hydrogen) atoms. The van der Waals surface area contributed by atoms with Crippen molar-refractivity contribution in [3.8, 4) is 10.6 Å². The second kappa shape index (κ2) is 11.6. The average molecular weight is 422 g/mol. The van der Waals surface area contributed by atoms with Gasteiger partial charge >= 0.3 is 0 Å². The molecule has 3 rings (SSSR count). The van der Waals surface area contributed by atoms with Gasteiger partial charge in [0.2, 0.25) is 5.13 Å². The maximum absolute atomic E-state index is 12.5. The van der Waals surface area contributed by atoms with E-state index in [0.717, 1.165) is 29.8 Å². The molecule has 1 aromatic heterocycles. The summed E-state index contributed by atoms with van der Waals surface area (Å²) in [5.74, 6) is -0.154. The number of aromatic nitrogens is 2. The van der Waals surface area contributed by atoms with Crippen LogP contribution in [0.25, 0.3) is 10.6 Å². The number of hydrogen-bond donors (Lipinski definition) is 1. The van der Waals surface area contributed by atoms with Gasteiger partial charge in [-0.25, -0.2) is 0 Å². The van der Waals surface area contributed by atoms with Crippen molar-refractivity contribution in [2.45, 2.75) is 65.2 Å². The van der Waals surface area contributed by atoms with Gasteiger partial charge in [0.15, 0.2) is 0 Å².